The molecular weight excluding hydrogens is 390 g/mol. The molecule has 0 radical (unpaired) electrons. The van der Waals surface area contributed by atoms with Gasteiger partial charge in [-0.25, -0.2) is 0 Å². The fraction of sp³-hybridized carbons (Fsp3) is 0.154. The number of fused-ring (bicyclic) bond motifs is 1. The minimum Gasteiger partial charge on any atom is -0.483 e. The van der Waals surface area contributed by atoms with Crippen molar-refractivity contribution in [2.45, 2.75) is 12.3 Å². The molecule has 2 atom stereocenters. The van der Waals surface area contributed by atoms with Crippen LogP contribution >= 0.6 is 0 Å². The zero-order valence-electron chi connectivity index (χ0n) is 16.8. The zero-order valence-corrected chi connectivity index (χ0v) is 16.8. The van der Waals surface area contributed by atoms with E-state index in [0.29, 0.717) is 23.5 Å². The normalized spacial score (nSPS) is 20.8. The standard InChI is InChI=1S/C26H21NO4/c28-22-17-30-25(20-14-8-3-9-15-20)23(24(29)19-12-6-2-7-13-19)26-27(22)21(16-31-26)18-10-4-1-5-11-18/h1-15,21,26H,16-17H2/t21-,26+/m1/s1. The van der Waals surface area contributed by atoms with Crippen LogP contribution in [0, 0.1) is 0 Å². The van der Waals surface area contributed by atoms with Gasteiger partial charge < -0.3 is 14.4 Å². The summed E-state index contributed by atoms with van der Waals surface area (Å²) >= 11 is 0. The lowest BCUT2D eigenvalue weighted by Crippen LogP contribution is -2.40. The molecule has 0 bridgehead atoms. The Kier molecular flexibility index (Phi) is 5.10. The first-order valence-electron chi connectivity index (χ1n) is 10.2. The molecule has 5 heteroatoms. The molecular formula is C26H21NO4. The predicted octanol–water partition coefficient (Wildman–Crippen LogP) is 4.24. The molecule has 5 nitrogen and oxygen atoms in total. The maximum absolute atomic E-state index is 13.7. The third kappa shape index (κ3) is 3.53. The van der Waals surface area contributed by atoms with E-state index in [0.717, 1.165) is 11.1 Å². The van der Waals surface area contributed by atoms with Crippen LogP contribution in [0.1, 0.15) is 27.5 Å². The van der Waals surface area contributed by atoms with Crippen molar-refractivity contribution in [3.8, 4) is 0 Å². The largest absolute Gasteiger partial charge is 0.483 e. The van der Waals surface area contributed by atoms with E-state index in [1.54, 1.807) is 17.0 Å². The van der Waals surface area contributed by atoms with Gasteiger partial charge in [-0.15, -0.1) is 0 Å². The Hall–Kier alpha value is -3.70. The molecule has 1 amide bonds. The highest BCUT2D eigenvalue weighted by atomic mass is 16.5. The predicted molar refractivity (Wildman–Crippen MR) is 116 cm³/mol. The molecule has 1 fully saturated rings. The van der Waals surface area contributed by atoms with Crippen LogP contribution < -0.4 is 0 Å². The summed E-state index contributed by atoms with van der Waals surface area (Å²) < 4.78 is 12.1. The van der Waals surface area contributed by atoms with Crippen LogP contribution in [0.5, 0.6) is 0 Å². The Bertz CT molecular complexity index is 1130. The molecule has 0 unspecified atom stereocenters. The van der Waals surface area contributed by atoms with Crippen LogP contribution in [0.2, 0.25) is 0 Å². The number of carbonyl (C=O) groups excluding carboxylic acids is 2. The minimum atomic E-state index is -0.817. The second-order valence-electron chi connectivity index (χ2n) is 7.51. The number of hydrogen-bond acceptors (Lipinski definition) is 4. The van der Waals surface area contributed by atoms with E-state index in [4.69, 9.17) is 9.47 Å². The molecule has 154 valence electrons. The molecule has 3 aromatic carbocycles. The van der Waals surface area contributed by atoms with Gasteiger partial charge in [0.25, 0.3) is 5.91 Å². The van der Waals surface area contributed by atoms with Gasteiger partial charge in [0.2, 0.25) is 0 Å². The van der Waals surface area contributed by atoms with E-state index >= 15 is 0 Å². The Labute approximate surface area is 180 Å². The number of ether oxygens (including phenoxy) is 2. The van der Waals surface area contributed by atoms with Gasteiger partial charge in [0.1, 0.15) is 5.76 Å². The van der Waals surface area contributed by atoms with E-state index in [1.165, 1.54) is 0 Å². The number of hydrogen-bond donors (Lipinski definition) is 0. The molecule has 0 spiro atoms. The Morgan fingerprint density at radius 3 is 2.13 bits per heavy atom. The Balaban J connectivity index is 1.65. The van der Waals surface area contributed by atoms with Crippen LogP contribution in [-0.2, 0) is 14.3 Å². The van der Waals surface area contributed by atoms with Crippen molar-refractivity contribution in [2.75, 3.05) is 13.2 Å². The van der Waals surface area contributed by atoms with E-state index in [-0.39, 0.29) is 24.3 Å². The summed E-state index contributed by atoms with van der Waals surface area (Å²) in [6, 6.07) is 27.9. The Morgan fingerprint density at radius 1 is 0.839 bits per heavy atom. The fourth-order valence-corrected chi connectivity index (χ4v) is 4.15. The summed E-state index contributed by atoms with van der Waals surface area (Å²) in [6.07, 6.45) is -0.817. The van der Waals surface area contributed by atoms with Crippen LogP contribution in [0.3, 0.4) is 0 Å². The molecule has 0 aliphatic carbocycles. The van der Waals surface area contributed by atoms with E-state index in [9.17, 15) is 9.59 Å². The molecule has 31 heavy (non-hydrogen) atoms. The monoisotopic (exact) mass is 411 g/mol. The lowest BCUT2D eigenvalue weighted by molar-refractivity contribution is -0.137. The van der Waals surface area contributed by atoms with Crippen molar-refractivity contribution in [3.05, 3.63) is 113 Å². The van der Waals surface area contributed by atoms with Crippen molar-refractivity contribution in [2.24, 2.45) is 0 Å². The quantitative estimate of drug-likeness (QED) is 0.603. The van der Waals surface area contributed by atoms with Crippen LogP contribution in [0.4, 0.5) is 0 Å². The van der Waals surface area contributed by atoms with Crippen molar-refractivity contribution in [1.82, 2.24) is 4.90 Å². The van der Waals surface area contributed by atoms with Gasteiger partial charge in [-0.3, -0.25) is 9.59 Å². The van der Waals surface area contributed by atoms with Crippen LogP contribution in [0.15, 0.2) is 96.6 Å². The highest BCUT2D eigenvalue weighted by Gasteiger charge is 2.46. The summed E-state index contributed by atoms with van der Waals surface area (Å²) in [6.45, 7) is 0.160. The molecule has 0 saturated carbocycles. The average molecular weight is 411 g/mol. The third-order valence-corrected chi connectivity index (χ3v) is 5.62. The van der Waals surface area contributed by atoms with Gasteiger partial charge in [-0.1, -0.05) is 91.0 Å². The minimum absolute atomic E-state index is 0.154. The third-order valence-electron chi connectivity index (χ3n) is 5.62. The van der Waals surface area contributed by atoms with Gasteiger partial charge in [0.15, 0.2) is 18.6 Å². The number of carbonyl (C=O) groups is 2. The summed E-state index contributed by atoms with van der Waals surface area (Å²) in [7, 11) is 0. The molecule has 1 saturated heterocycles. The molecule has 2 heterocycles. The van der Waals surface area contributed by atoms with Crippen molar-refractivity contribution in [3.63, 3.8) is 0 Å². The number of amides is 1. The molecule has 2 aliphatic rings. The number of rotatable bonds is 4. The molecule has 3 aromatic rings. The van der Waals surface area contributed by atoms with Crippen LogP contribution in [-0.4, -0.2) is 36.0 Å². The van der Waals surface area contributed by atoms with Gasteiger partial charge >= 0.3 is 0 Å². The lowest BCUT2D eigenvalue weighted by Gasteiger charge is -2.27. The van der Waals surface area contributed by atoms with E-state index in [2.05, 4.69) is 0 Å². The van der Waals surface area contributed by atoms with Crippen molar-refractivity contribution >= 4 is 17.4 Å². The lowest BCUT2D eigenvalue weighted by atomic mass is 9.97. The average Bonchev–Trinajstić information content (AvgIpc) is 3.21. The molecule has 0 N–H and O–H groups in total. The van der Waals surface area contributed by atoms with E-state index < -0.39 is 6.23 Å². The summed E-state index contributed by atoms with van der Waals surface area (Å²) in [5, 5.41) is 0. The second kappa shape index (κ2) is 8.20. The summed E-state index contributed by atoms with van der Waals surface area (Å²) in [4.78, 5) is 28.5. The highest BCUT2D eigenvalue weighted by Crippen LogP contribution is 2.39. The number of benzene rings is 3. The first-order valence-corrected chi connectivity index (χ1v) is 10.2. The van der Waals surface area contributed by atoms with Gasteiger partial charge in [-0.05, 0) is 5.56 Å². The summed E-state index contributed by atoms with van der Waals surface area (Å²) in [5.41, 5.74) is 2.58. The molecule has 5 rings (SSSR count). The van der Waals surface area contributed by atoms with Crippen molar-refractivity contribution < 1.29 is 19.1 Å². The number of nitrogens with zero attached hydrogens (tertiary/aromatic N) is 1. The topological polar surface area (TPSA) is 55.8 Å². The van der Waals surface area contributed by atoms with E-state index in [1.807, 2.05) is 78.9 Å². The molecule has 2 aliphatic heterocycles. The van der Waals surface area contributed by atoms with Gasteiger partial charge in [0.05, 0.1) is 18.2 Å². The van der Waals surface area contributed by atoms with Gasteiger partial charge in [0, 0.05) is 11.1 Å². The maximum Gasteiger partial charge on any atom is 0.263 e. The van der Waals surface area contributed by atoms with Gasteiger partial charge in [-0.2, -0.15) is 0 Å². The first-order chi connectivity index (χ1) is 15.2. The SMILES string of the molecule is O=C(C1=C(c2ccccc2)OCC(=O)N2[C@@H](c3ccccc3)CO[C@@H]12)c1ccccc1. The smallest absolute Gasteiger partial charge is 0.263 e. The zero-order chi connectivity index (χ0) is 21.2. The Morgan fingerprint density at radius 2 is 1.45 bits per heavy atom. The molecule has 0 aromatic heterocycles. The second-order valence-corrected chi connectivity index (χ2v) is 7.51. The summed E-state index contributed by atoms with van der Waals surface area (Å²) in [5.74, 6) is -0.0254. The maximum atomic E-state index is 13.7. The fourth-order valence-electron chi connectivity index (χ4n) is 4.15. The van der Waals surface area contributed by atoms with Crippen LogP contribution in [0.25, 0.3) is 5.76 Å². The number of Topliss-reactive ketones (excluding diaryl/α,β-unsaturated/α-hetero) is 1. The number of ketones is 1. The highest BCUT2D eigenvalue weighted by molar-refractivity contribution is 6.13. The van der Waals surface area contributed by atoms with Crippen molar-refractivity contribution in [1.29, 1.82) is 0 Å². The first kappa shape index (κ1) is 19.3.